The summed E-state index contributed by atoms with van der Waals surface area (Å²) in [5.41, 5.74) is 2.81. The van der Waals surface area contributed by atoms with Crippen molar-refractivity contribution in [2.24, 2.45) is 5.92 Å². The number of nitrogens with zero attached hydrogens (tertiary/aromatic N) is 4. The number of benzene rings is 2. The van der Waals surface area contributed by atoms with Crippen LogP contribution >= 0.6 is 22.9 Å². The lowest BCUT2D eigenvalue weighted by Gasteiger charge is -2.42. The van der Waals surface area contributed by atoms with Gasteiger partial charge in [-0.15, -0.1) is 11.3 Å². The van der Waals surface area contributed by atoms with Gasteiger partial charge in [0.1, 0.15) is 23.3 Å². The quantitative estimate of drug-likeness (QED) is 0.368. The number of fused-ring (bicyclic) bond motifs is 1. The zero-order valence-electron chi connectivity index (χ0n) is 22.6. The fourth-order valence-corrected chi connectivity index (χ4v) is 7.92. The van der Waals surface area contributed by atoms with Crippen LogP contribution in [0, 0.1) is 5.92 Å². The number of hydrogen-bond acceptors (Lipinski definition) is 7. The van der Waals surface area contributed by atoms with E-state index in [9.17, 15) is 18.0 Å². The van der Waals surface area contributed by atoms with Gasteiger partial charge in [-0.1, -0.05) is 25.4 Å². The fourth-order valence-electron chi connectivity index (χ4n) is 5.48. The lowest BCUT2D eigenvalue weighted by Crippen LogP contribution is -2.58. The molecular weight excluding hydrogens is 568 g/mol. The van der Waals surface area contributed by atoms with Crippen LogP contribution in [0.25, 0.3) is 0 Å². The smallest absolute Gasteiger partial charge is 0.246 e. The molecule has 2 aromatic carbocycles. The predicted molar refractivity (Wildman–Crippen MR) is 159 cm³/mol. The highest BCUT2D eigenvalue weighted by Gasteiger charge is 2.36. The van der Waals surface area contributed by atoms with Gasteiger partial charge in [-0.2, -0.15) is 0 Å². The Hall–Kier alpha value is -2.95. The number of anilines is 2. The molecule has 2 amide bonds. The van der Waals surface area contributed by atoms with Crippen LogP contribution in [0.1, 0.15) is 37.3 Å². The summed E-state index contributed by atoms with van der Waals surface area (Å²) in [5.74, 6) is -0.0789. The summed E-state index contributed by atoms with van der Waals surface area (Å²) in [6.07, 6.45) is 4.14. The first-order chi connectivity index (χ1) is 19.1. The van der Waals surface area contributed by atoms with Crippen LogP contribution in [-0.4, -0.2) is 62.3 Å². The first-order valence-corrected chi connectivity index (χ1v) is 16.4. The molecule has 0 spiro atoms. The molecule has 0 saturated carbocycles. The van der Waals surface area contributed by atoms with Crippen LogP contribution in [0.3, 0.4) is 0 Å². The SMILES string of the molecule is CC(C)C[C@@H](C(=O)N1CCN(c2ccc(S(=O)(=O)Cc3nccs3)cc2)C(=O)C1)N1CCCc2cc(Cl)ccc21. The third-order valence-electron chi connectivity index (χ3n) is 7.39. The Morgan fingerprint density at radius 2 is 1.88 bits per heavy atom. The Morgan fingerprint density at radius 1 is 1.10 bits per heavy atom. The summed E-state index contributed by atoms with van der Waals surface area (Å²) in [5, 5.41) is 2.98. The van der Waals surface area contributed by atoms with Crippen LogP contribution in [0.4, 0.5) is 11.4 Å². The second-order valence-corrected chi connectivity index (χ2v) is 14.1. The Kier molecular flexibility index (Phi) is 8.49. The molecule has 40 heavy (non-hydrogen) atoms. The molecule has 3 heterocycles. The number of sulfone groups is 1. The van der Waals surface area contributed by atoms with Crippen molar-refractivity contribution < 1.29 is 18.0 Å². The second kappa shape index (κ2) is 11.9. The van der Waals surface area contributed by atoms with E-state index in [-0.39, 0.29) is 35.0 Å². The number of piperazine rings is 1. The van der Waals surface area contributed by atoms with Gasteiger partial charge in [-0.25, -0.2) is 13.4 Å². The molecule has 0 radical (unpaired) electrons. The normalized spacial score (nSPS) is 16.8. The van der Waals surface area contributed by atoms with Gasteiger partial charge in [0.25, 0.3) is 0 Å². The van der Waals surface area contributed by atoms with Crippen LogP contribution < -0.4 is 9.80 Å². The van der Waals surface area contributed by atoms with E-state index in [0.717, 1.165) is 30.6 Å². The number of thiazole rings is 1. The standard InChI is InChI=1S/C29H33ClN4O4S2/c1-20(2)16-26(34-12-3-4-21-17-22(30)5-10-25(21)34)29(36)32-13-14-33(28(35)18-32)23-6-8-24(9-7-23)40(37,38)19-27-31-11-15-39-27/h5-11,15,17,20,26H,3-4,12-14,16,18-19H2,1-2H3/t26-/m0/s1. The maximum atomic E-state index is 13.9. The number of aromatic nitrogens is 1. The molecule has 0 bridgehead atoms. The lowest BCUT2D eigenvalue weighted by molar-refractivity contribution is -0.138. The Labute approximate surface area is 244 Å². The Bertz CT molecular complexity index is 1480. The van der Waals surface area contributed by atoms with E-state index < -0.39 is 9.84 Å². The van der Waals surface area contributed by atoms with Crippen LogP contribution in [0.15, 0.2) is 58.9 Å². The average molecular weight is 601 g/mol. The third kappa shape index (κ3) is 6.19. The molecule has 0 unspecified atom stereocenters. The zero-order chi connectivity index (χ0) is 28.4. The zero-order valence-corrected chi connectivity index (χ0v) is 25.0. The molecule has 1 aromatic heterocycles. The molecule has 2 aliphatic rings. The minimum atomic E-state index is -3.54. The molecule has 8 nitrogen and oxygen atoms in total. The molecule has 11 heteroatoms. The minimum Gasteiger partial charge on any atom is -0.359 e. The van der Waals surface area contributed by atoms with Gasteiger partial charge in [0, 0.05) is 47.6 Å². The third-order valence-corrected chi connectivity index (χ3v) is 10.2. The Morgan fingerprint density at radius 3 is 2.55 bits per heavy atom. The van der Waals surface area contributed by atoms with E-state index in [1.54, 1.807) is 33.5 Å². The van der Waals surface area contributed by atoms with Crippen molar-refractivity contribution >= 4 is 56.0 Å². The van der Waals surface area contributed by atoms with Crippen molar-refractivity contribution in [2.75, 3.05) is 36.0 Å². The van der Waals surface area contributed by atoms with Crippen molar-refractivity contribution in [3.05, 3.63) is 69.6 Å². The van der Waals surface area contributed by atoms with Gasteiger partial charge in [-0.3, -0.25) is 9.59 Å². The number of carbonyl (C=O) groups excluding carboxylic acids is 2. The largest absolute Gasteiger partial charge is 0.359 e. The van der Waals surface area contributed by atoms with E-state index in [4.69, 9.17) is 11.6 Å². The van der Waals surface area contributed by atoms with Crippen molar-refractivity contribution in [3.63, 3.8) is 0 Å². The van der Waals surface area contributed by atoms with Gasteiger partial charge in [-0.05, 0) is 73.2 Å². The average Bonchev–Trinajstić information content (AvgIpc) is 3.43. The summed E-state index contributed by atoms with van der Waals surface area (Å²) in [6, 6.07) is 11.9. The molecule has 1 atom stereocenters. The fraction of sp³-hybridized carbons (Fsp3) is 0.414. The molecular formula is C29H33ClN4O4S2. The van der Waals surface area contributed by atoms with E-state index in [0.29, 0.717) is 41.1 Å². The number of amides is 2. The molecule has 5 rings (SSSR count). The number of aryl methyl sites for hydroxylation is 1. The van der Waals surface area contributed by atoms with Gasteiger partial charge in [0.05, 0.1) is 4.90 Å². The topological polar surface area (TPSA) is 90.9 Å². The molecule has 0 N–H and O–H groups in total. The maximum Gasteiger partial charge on any atom is 0.246 e. The highest BCUT2D eigenvalue weighted by molar-refractivity contribution is 7.90. The van der Waals surface area contributed by atoms with E-state index in [2.05, 4.69) is 23.7 Å². The van der Waals surface area contributed by atoms with Gasteiger partial charge in [0.2, 0.25) is 11.8 Å². The summed E-state index contributed by atoms with van der Waals surface area (Å²) in [4.78, 5) is 36.9. The molecule has 1 fully saturated rings. The number of hydrogen-bond donors (Lipinski definition) is 0. The number of carbonyl (C=O) groups is 2. The van der Waals surface area contributed by atoms with Crippen LogP contribution in [0.5, 0.6) is 0 Å². The molecule has 0 aliphatic carbocycles. The first-order valence-electron chi connectivity index (χ1n) is 13.5. The number of rotatable bonds is 8. The minimum absolute atomic E-state index is 0.0150. The van der Waals surface area contributed by atoms with Gasteiger partial charge >= 0.3 is 0 Å². The first kappa shape index (κ1) is 28.6. The van der Waals surface area contributed by atoms with Crippen molar-refractivity contribution in [2.45, 2.75) is 49.8 Å². The summed E-state index contributed by atoms with van der Waals surface area (Å²) < 4.78 is 25.5. The predicted octanol–water partition coefficient (Wildman–Crippen LogP) is 4.81. The van der Waals surface area contributed by atoms with Gasteiger partial charge in [0.15, 0.2) is 9.84 Å². The van der Waals surface area contributed by atoms with Crippen molar-refractivity contribution in [3.8, 4) is 0 Å². The summed E-state index contributed by atoms with van der Waals surface area (Å²) >= 11 is 7.54. The van der Waals surface area contributed by atoms with Gasteiger partial charge < -0.3 is 14.7 Å². The van der Waals surface area contributed by atoms with E-state index in [1.165, 1.54) is 23.5 Å². The highest BCUT2D eigenvalue weighted by atomic mass is 35.5. The van der Waals surface area contributed by atoms with E-state index >= 15 is 0 Å². The molecule has 3 aromatic rings. The monoisotopic (exact) mass is 600 g/mol. The van der Waals surface area contributed by atoms with Crippen molar-refractivity contribution in [1.29, 1.82) is 0 Å². The molecule has 212 valence electrons. The lowest BCUT2D eigenvalue weighted by atomic mass is 9.95. The molecule has 2 aliphatic heterocycles. The van der Waals surface area contributed by atoms with Crippen LogP contribution in [-0.2, 0) is 31.6 Å². The molecule has 1 saturated heterocycles. The summed E-state index contributed by atoms with van der Waals surface area (Å²) in [7, 11) is -3.54. The second-order valence-electron chi connectivity index (χ2n) is 10.7. The summed E-state index contributed by atoms with van der Waals surface area (Å²) in [6.45, 7) is 5.73. The number of halogens is 1. The van der Waals surface area contributed by atoms with E-state index in [1.807, 2.05) is 18.2 Å². The van der Waals surface area contributed by atoms with Crippen molar-refractivity contribution in [1.82, 2.24) is 9.88 Å². The highest BCUT2D eigenvalue weighted by Crippen LogP contribution is 2.33. The van der Waals surface area contributed by atoms with Crippen LogP contribution in [0.2, 0.25) is 5.02 Å². The Balaban J connectivity index is 1.28. The maximum absolute atomic E-state index is 13.9.